The van der Waals surface area contributed by atoms with Gasteiger partial charge in [-0.25, -0.2) is 0 Å². The van der Waals surface area contributed by atoms with Gasteiger partial charge >= 0.3 is 0 Å². The largest absolute Gasteiger partial charge is 0.295 e. The van der Waals surface area contributed by atoms with Crippen LogP contribution in [-0.2, 0) is 0 Å². The van der Waals surface area contributed by atoms with Crippen LogP contribution in [-0.4, -0.2) is 5.78 Å². The van der Waals surface area contributed by atoms with Crippen LogP contribution in [0, 0.1) is 0 Å². The van der Waals surface area contributed by atoms with Crippen molar-refractivity contribution >= 4 is 11.9 Å². The third-order valence-corrected chi connectivity index (χ3v) is 2.75. The molecule has 0 aliphatic carbocycles. The number of rotatable bonds is 3. The van der Waals surface area contributed by atoms with Gasteiger partial charge in [0.2, 0.25) is 0 Å². The van der Waals surface area contributed by atoms with Crippen LogP contribution in [0.1, 0.15) is 22.8 Å². The smallest absolute Gasteiger partial charge is 0.159 e. The van der Waals surface area contributed by atoms with Crippen molar-refractivity contribution in [1.29, 1.82) is 0 Å². The van der Waals surface area contributed by atoms with Gasteiger partial charge in [0.05, 0.1) is 0 Å². The van der Waals surface area contributed by atoms with Gasteiger partial charge in [0.25, 0.3) is 0 Å². The standard InChI is InChI=1S/C16H14O/c1-3-13-5-4-6-16(11-13)15-9-7-14(8-10-15)12(2)17/h3-11H,1H2,2H3. The summed E-state index contributed by atoms with van der Waals surface area (Å²) in [6.07, 6.45) is 1.83. The van der Waals surface area contributed by atoms with E-state index in [4.69, 9.17) is 0 Å². The second kappa shape index (κ2) is 4.79. The van der Waals surface area contributed by atoms with E-state index in [0.29, 0.717) is 0 Å². The number of hydrogen-bond acceptors (Lipinski definition) is 1. The van der Waals surface area contributed by atoms with Crippen molar-refractivity contribution in [2.75, 3.05) is 0 Å². The lowest BCUT2D eigenvalue weighted by Gasteiger charge is -2.04. The molecule has 0 saturated carbocycles. The summed E-state index contributed by atoms with van der Waals surface area (Å²) < 4.78 is 0. The van der Waals surface area contributed by atoms with Crippen LogP contribution in [0.3, 0.4) is 0 Å². The van der Waals surface area contributed by atoms with Crippen LogP contribution in [0.15, 0.2) is 55.1 Å². The molecule has 2 aromatic rings. The van der Waals surface area contributed by atoms with Gasteiger partial charge in [-0.05, 0) is 29.7 Å². The predicted octanol–water partition coefficient (Wildman–Crippen LogP) is 4.20. The van der Waals surface area contributed by atoms with E-state index in [1.54, 1.807) is 6.92 Å². The molecule has 0 spiro atoms. The van der Waals surface area contributed by atoms with Crippen LogP contribution in [0.4, 0.5) is 0 Å². The SMILES string of the molecule is C=Cc1cccc(-c2ccc(C(C)=O)cc2)c1. The van der Waals surface area contributed by atoms with Crippen LogP contribution < -0.4 is 0 Å². The Balaban J connectivity index is 2.39. The van der Waals surface area contributed by atoms with E-state index in [0.717, 1.165) is 22.3 Å². The topological polar surface area (TPSA) is 17.1 Å². The Hall–Kier alpha value is -2.15. The summed E-state index contributed by atoms with van der Waals surface area (Å²) in [5.74, 6) is 0.0939. The van der Waals surface area contributed by atoms with Crippen molar-refractivity contribution in [2.45, 2.75) is 6.92 Å². The zero-order valence-electron chi connectivity index (χ0n) is 9.81. The van der Waals surface area contributed by atoms with Crippen molar-refractivity contribution in [3.05, 3.63) is 66.2 Å². The molecule has 1 nitrogen and oxygen atoms in total. The summed E-state index contributed by atoms with van der Waals surface area (Å²) >= 11 is 0. The molecule has 17 heavy (non-hydrogen) atoms. The maximum Gasteiger partial charge on any atom is 0.159 e. The molecule has 2 aromatic carbocycles. The first-order valence-corrected chi connectivity index (χ1v) is 5.54. The van der Waals surface area contributed by atoms with Crippen LogP contribution in [0.2, 0.25) is 0 Å². The average molecular weight is 222 g/mol. The fourth-order valence-corrected chi connectivity index (χ4v) is 1.74. The molecular weight excluding hydrogens is 208 g/mol. The van der Waals surface area contributed by atoms with Gasteiger partial charge in [-0.15, -0.1) is 0 Å². The summed E-state index contributed by atoms with van der Waals surface area (Å²) in [5.41, 5.74) is 4.09. The van der Waals surface area contributed by atoms with Crippen molar-refractivity contribution in [1.82, 2.24) is 0 Å². The molecule has 0 unspecified atom stereocenters. The van der Waals surface area contributed by atoms with Gasteiger partial charge < -0.3 is 0 Å². The number of benzene rings is 2. The highest BCUT2D eigenvalue weighted by atomic mass is 16.1. The Bertz CT molecular complexity index is 550. The number of hydrogen-bond donors (Lipinski definition) is 0. The lowest BCUT2D eigenvalue weighted by atomic mass is 10.0. The molecule has 0 atom stereocenters. The lowest BCUT2D eigenvalue weighted by Crippen LogP contribution is -1.90. The molecule has 0 aliphatic heterocycles. The first kappa shape index (κ1) is 11.3. The Kier molecular flexibility index (Phi) is 3.20. The molecule has 0 radical (unpaired) electrons. The number of Topliss-reactive ketones (excluding diaryl/α,β-unsaturated/α-hetero) is 1. The van der Waals surface area contributed by atoms with Gasteiger partial charge in [-0.2, -0.15) is 0 Å². The molecule has 0 aromatic heterocycles. The van der Waals surface area contributed by atoms with E-state index in [1.165, 1.54) is 0 Å². The zero-order valence-corrected chi connectivity index (χ0v) is 9.81. The van der Waals surface area contributed by atoms with E-state index >= 15 is 0 Å². The van der Waals surface area contributed by atoms with E-state index in [-0.39, 0.29) is 5.78 Å². The number of carbonyl (C=O) groups is 1. The molecule has 0 bridgehead atoms. The summed E-state index contributed by atoms with van der Waals surface area (Å²) in [5, 5.41) is 0. The van der Waals surface area contributed by atoms with Gasteiger partial charge in [0.1, 0.15) is 0 Å². The quantitative estimate of drug-likeness (QED) is 0.711. The average Bonchev–Trinajstić information content (AvgIpc) is 2.39. The Morgan fingerprint density at radius 3 is 2.35 bits per heavy atom. The highest BCUT2D eigenvalue weighted by Gasteiger charge is 2.01. The second-order valence-corrected chi connectivity index (χ2v) is 3.96. The Labute approximate surface area is 101 Å². The van der Waals surface area contributed by atoms with E-state index in [1.807, 2.05) is 42.5 Å². The van der Waals surface area contributed by atoms with Crippen molar-refractivity contribution < 1.29 is 4.79 Å². The molecule has 0 amide bonds. The highest BCUT2D eigenvalue weighted by molar-refractivity contribution is 5.94. The summed E-state index contributed by atoms with van der Waals surface area (Å²) in [7, 11) is 0. The lowest BCUT2D eigenvalue weighted by molar-refractivity contribution is 0.101. The van der Waals surface area contributed by atoms with Crippen LogP contribution >= 0.6 is 0 Å². The molecule has 2 rings (SSSR count). The molecule has 0 aliphatic rings. The normalized spacial score (nSPS) is 9.94. The number of carbonyl (C=O) groups excluding carboxylic acids is 1. The third kappa shape index (κ3) is 2.51. The van der Waals surface area contributed by atoms with Crippen molar-refractivity contribution in [3.63, 3.8) is 0 Å². The first-order valence-electron chi connectivity index (χ1n) is 5.54. The maximum atomic E-state index is 11.2. The fourth-order valence-electron chi connectivity index (χ4n) is 1.74. The van der Waals surface area contributed by atoms with Gasteiger partial charge in [-0.3, -0.25) is 4.79 Å². The van der Waals surface area contributed by atoms with E-state index in [2.05, 4.69) is 18.7 Å². The molecule has 84 valence electrons. The fraction of sp³-hybridized carbons (Fsp3) is 0.0625. The Morgan fingerprint density at radius 1 is 1.06 bits per heavy atom. The van der Waals surface area contributed by atoms with E-state index < -0.39 is 0 Å². The van der Waals surface area contributed by atoms with Crippen molar-refractivity contribution in [3.8, 4) is 11.1 Å². The van der Waals surface area contributed by atoms with Gasteiger partial charge in [0, 0.05) is 5.56 Å². The molecule has 0 heterocycles. The molecule has 0 fully saturated rings. The molecule has 0 N–H and O–H groups in total. The third-order valence-electron chi connectivity index (χ3n) is 2.75. The summed E-state index contributed by atoms with van der Waals surface area (Å²) in [4.78, 5) is 11.2. The predicted molar refractivity (Wildman–Crippen MR) is 72.0 cm³/mol. The van der Waals surface area contributed by atoms with E-state index in [9.17, 15) is 4.79 Å². The minimum absolute atomic E-state index is 0.0939. The maximum absolute atomic E-state index is 11.2. The monoisotopic (exact) mass is 222 g/mol. The van der Waals surface area contributed by atoms with Gasteiger partial charge in [0.15, 0.2) is 5.78 Å². The molecule has 1 heteroatoms. The first-order chi connectivity index (χ1) is 8.20. The van der Waals surface area contributed by atoms with Crippen LogP contribution in [0.25, 0.3) is 17.2 Å². The minimum atomic E-state index is 0.0939. The van der Waals surface area contributed by atoms with Gasteiger partial charge in [-0.1, -0.05) is 55.1 Å². The molecule has 0 saturated heterocycles. The summed E-state index contributed by atoms with van der Waals surface area (Å²) in [6.45, 7) is 5.34. The molecular formula is C16H14O. The summed E-state index contributed by atoms with van der Waals surface area (Å²) in [6, 6.07) is 15.8. The van der Waals surface area contributed by atoms with Crippen molar-refractivity contribution in [2.24, 2.45) is 0 Å². The van der Waals surface area contributed by atoms with Crippen LogP contribution in [0.5, 0.6) is 0 Å². The highest BCUT2D eigenvalue weighted by Crippen LogP contribution is 2.21. The second-order valence-electron chi connectivity index (χ2n) is 3.96. The number of ketones is 1. The minimum Gasteiger partial charge on any atom is -0.295 e. The zero-order chi connectivity index (χ0) is 12.3. The Morgan fingerprint density at radius 2 is 1.76 bits per heavy atom.